The lowest BCUT2D eigenvalue weighted by Crippen LogP contribution is -2.20. The van der Waals surface area contributed by atoms with Gasteiger partial charge in [-0.25, -0.2) is 0 Å². The number of amides is 1. The summed E-state index contributed by atoms with van der Waals surface area (Å²) in [5.41, 5.74) is 4.90. The van der Waals surface area contributed by atoms with Crippen molar-refractivity contribution in [1.29, 1.82) is 0 Å². The zero-order valence-corrected chi connectivity index (χ0v) is 20.9. The van der Waals surface area contributed by atoms with Crippen molar-refractivity contribution in [2.75, 3.05) is 5.32 Å². The number of carboxylic acid groups (broad SMARTS) is 1. The summed E-state index contributed by atoms with van der Waals surface area (Å²) in [6.07, 6.45) is 7.74. The third-order valence-electron chi connectivity index (χ3n) is 6.79. The van der Waals surface area contributed by atoms with Gasteiger partial charge in [-0.3, -0.25) is 19.3 Å². The van der Waals surface area contributed by atoms with Crippen molar-refractivity contribution < 1.29 is 14.7 Å². The van der Waals surface area contributed by atoms with Crippen LogP contribution in [-0.2, 0) is 17.3 Å². The van der Waals surface area contributed by atoms with Crippen LogP contribution < -0.4 is 5.32 Å². The Hall–Kier alpha value is -3.48. The van der Waals surface area contributed by atoms with Crippen LogP contribution >= 0.6 is 0 Å². The summed E-state index contributed by atoms with van der Waals surface area (Å²) >= 11 is 0. The second kappa shape index (κ2) is 10.0. The maximum Gasteiger partial charge on any atom is 0.303 e. The molecule has 0 saturated heterocycles. The van der Waals surface area contributed by atoms with Crippen molar-refractivity contribution >= 4 is 17.6 Å². The minimum Gasteiger partial charge on any atom is -0.481 e. The summed E-state index contributed by atoms with van der Waals surface area (Å²) in [7, 11) is 1.82. The van der Waals surface area contributed by atoms with Gasteiger partial charge in [-0.2, -0.15) is 5.10 Å². The number of carboxylic acids is 1. The smallest absolute Gasteiger partial charge is 0.303 e. The number of hydrogen-bond donors (Lipinski definition) is 2. The summed E-state index contributed by atoms with van der Waals surface area (Å²) < 4.78 is 1.67. The molecule has 1 aromatic carbocycles. The number of benzene rings is 1. The topological polar surface area (TPSA) is 97.1 Å². The van der Waals surface area contributed by atoms with Crippen molar-refractivity contribution in [1.82, 2.24) is 14.8 Å². The van der Waals surface area contributed by atoms with E-state index in [1.54, 1.807) is 17.1 Å². The number of aromatic nitrogens is 3. The van der Waals surface area contributed by atoms with Gasteiger partial charge in [0.25, 0.3) is 5.91 Å². The van der Waals surface area contributed by atoms with E-state index in [-0.39, 0.29) is 17.7 Å². The lowest BCUT2D eigenvalue weighted by molar-refractivity contribution is -0.138. The van der Waals surface area contributed by atoms with Crippen LogP contribution in [0.3, 0.4) is 0 Å². The number of aliphatic carboxylic acids is 1. The van der Waals surface area contributed by atoms with Crippen LogP contribution in [0.25, 0.3) is 11.3 Å². The predicted octanol–water partition coefficient (Wildman–Crippen LogP) is 5.78. The van der Waals surface area contributed by atoms with Crippen molar-refractivity contribution in [3.8, 4) is 11.3 Å². The Labute approximate surface area is 206 Å². The molecule has 2 heterocycles. The van der Waals surface area contributed by atoms with E-state index in [4.69, 9.17) is 5.11 Å². The van der Waals surface area contributed by atoms with Gasteiger partial charge in [0.2, 0.25) is 0 Å². The maximum absolute atomic E-state index is 12.9. The number of anilines is 1. The van der Waals surface area contributed by atoms with Gasteiger partial charge < -0.3 is 10.4 Å². The van der Waals surface area contributed by atoms with E-state index >= 15 is 0 Å². The molecule has 0 radical (unpaired) electrons. The van der Waals surface area contributed by atoms with E-state index < -0.39 is 5.97 Å². The first-order valence-corrected chi connectivity index (χ1v) is 12.2. The molecule has 1 fully saturated rings. The summed E-state index contributed by atoms with van der Waals surface area (Å²) in [6, 6.07) is 12.3. The molecule has 0 aliphatic heterocycles. The Balaban J connectivity index is 1.39. The fourth-order valence-electron chi connectivity index (χ4n) is 4.92. The molecule has 2 aromatic heterocycles. The lowest BCUT2D eigenvalue weighted by Gasteiger charge is -2.28. The van der Waals surface area contributed by atoms with E-state index in [0.717, 1.165) is 42.6 Å². The Morgan fingerprint density at radius 3 is 2.31 bits per heavy atom. The monoisotopic (exact) mass is 474 g/mol. The highest BCUT2D eigenvalue weighted by atomic mass is 16.4. The molecule has 7 heteroatoms. The average molecular weight is 475 g/mol. The van der Waals surface area contributed by atoms with Crippen LogP contribution in [0.15, 0.2) is 48.8 Å². The molecular weight excluding hydrogens is 440 g/mol. The Morgan fingerprint density at radius 2 is 1.74 bits per heavy atom. The molecule has 4 rings (SSSR count). The summed E-state index contributed by atoms with van der Waals surface area (Å²) in [4.78, 5) is 28.4. The molecule has 7 nitrogen and oxygen atoms in total. The van der Waals surface area contributed by atoms with Gasteiger partial charge in [0, 0.05) is 30.6 Å². The highest BCUT2D eigenvalue weighted by molar-refractivity contribution is 6.05. The number of nitrogens with zero attached hydrogens (tertiary/aromatic N) is 3. The zero-order chi connectivity index (χ0) is 25.2. The molecule has 1 amide bonds. The largest absolute Gasteiger partial charge is 0.481 e. The predicted molar refractivity (Wildman–Crippen MR) is 136 cm³/mol. The molecule has 3 aromatic rings. The second-order valence-corrected chi connectivity index (χ2v) is 10.6. The van der Waals surface area contributed by atoms with Gasteiger partial charge in [0.05, 0.1) is 28.8 Å². The molecule has 0 spiro atoms. The molecule has 184 valence electrons. The highest BCUT2D eigenvalue weighted by Gasteiger charge is 2.26. The molecule has 2 N–H and O–H groups in total. The van der Waals surface area contributed by atoms with Crippen LogP contribution in [0, 0.1) is 5.92 Å². The number of carbonyl (C=O) groups excluding carboxylic acids is 1. The van der Waals surface area contributed by atoms with E-state index in [1.165, 1.54) is 5.56 Å². The fraction of sp³-hybridized carbons (Fsp3) is 0.429. The molecule has 1 aliphatic rings. The zero-order valence-electron chi connectivity index (χ0n) is 20.9. The Bertz CT molecular complexity index is 1180. The number of nitrogens with one attached hydrogen (secondary N) is 1. The number of hydrogen-bond acceptors (Lipinski definition) is 4. The van der Waals surface area contributed by atoms with E-state index in [9.17, 15) is 9.59 Å². The standard InChI is InChI=1S/C28H34N4O3/c1-28(2,3)26-23(17-32(4)31-26)27(35)30-22-13-14-24(29-16-22)21-11-9-20(10-12-21)19-7-5-18(6-8-19)15-25(33)34/h9-14,16-19H,5-8,15H2,1-4H3,(H,30,35)(H,33,34). The summed E-state index contributed by atoms with van der Waals surface area (Å²) in [6.45, 7) is 6.12. The molecule has 0 atom stereocenters. The maximum atomic E-state index is 12.9. The van der Waals surface area contributed by atoms with Gasteiger partial charge in [0.1, 0.15) is 0 Å². The van der Waals surface area contributed by atoms with Gasteiger partial charge in [-0.1, -0.05) is 45.0 Å². The molecule has 1 saturated carbocycles. The third kappa shape index (κ3) is 5.96. The van der Waals surface area contributed by atoms with Crippen LogP contribution in [0.5, 0.6) is 0 Å². The van der Waals surface area contributed by atoms with E-state index in [1.807, 2.05) is 40.0 Å². The van der Waals surface area contributed by atoms with Gasteiger partial charge >= 0.3 is 5.97 Å². The molecule has 1 aliphatic carbocycles. The third-order valence-corrected chi connectivity index (χ3v) is 6.79. The SMILES string of the molecule is Cn1cc(C(=O)Nc2ccc(-c3ccc(C4CCC(CC(=O)O)CC4)cc3)nc2)c(C(C)(C)C)n1. The number of pyridine rings is 1. The summed E-state index contributed by atoms with van der Waals surface area (Å²) in [5, 5.41) is 16.4. The van der Waals surface area contributed by atoms with Crippen molar-refractivity contribution in [3.63, 3.8) is 0 Å². The molecular formula is C28H34N4O3. The first-order valence-electron chi connectivity index (χ1n) is 12.2. The van der Waals surface area contributed by atoms with Crippen molar-refractivity contribution in [3.05, 3.63) is 65.6 Å². The van der Waals surface area contributed by atoms with Crippen LogP contribution in [0.2, 0.25) is 0 Å². The minimum atomic E-state index is -0.692. The van der Waals surface area contributed by atoms with Crippen molar-refractivity contribution in [2.45, 2.75) is 64.2 Å². The molecule has 0 unspecified atom stereocenters. The van der Waals surface area contributed by atoms with Gasteiger partial charge in [0.15, 0.2) is 0 Å². The van der Waals surface area contributed by atoms with Crippen LogP contribution in [0.4, 0.5) is 5.69 Å². The van der Waals surface area contributed by atoms with Gasteiger partial charge in [-0.15, -0.1) is 0 Å². The normalized spacial score (nSPS) is 18.3. The second-order valence-electron chi connectivity index (χ2n) is 10.6. The van der Waals surface area contributed by atoms with Crippen molar-refractivity contribution in [2.24, 2.45) is 13.0 Å². The number of aryl methyl sites for hydroxylation is 1. The number of rotatable bonds is 6. The first kappa shape index (κ1) is 24.6. The Kier molecular flexibility index (Phi) is 7.05. The highest BCUT2D eigenvalue weighted by Crippen LogP contribution is 2.37. The lowest BCUT2D eigenvalue weighted by atomic mass is 9.77. The minimum absolute atomic E-state index is 0.194. The fourth-order valence-corrected chi connectivity index (χ4v) is 4.92. The molecule has 0 bridgehead atoms. The molecule has 35 heavy (non-hydrogen) atoms. The number of carbonyl (C=O) groups is 2. The van der Waals surface area contributed by atoms with Crippen LogP contribution in [-0.4, -0.2) is 31.7 Å². The first-order chi connectivity index (χ1) is 16.6. The average Bonchev–Trinajstić information content (AvgIpc) is 3.22. The van der Waals surface area contributed by atoms with E-state index in [2.05, 4.69) is 39.7 Å². The van der Waals surface area contributed by atoms with E-state index in [0.29, 0.717) is 23.1 Å². The van der Waals surface area contributed by atoms with Gasteiger partial charge in [-0.05, 0) is 55.2 Å². The Morgan fingerprint density at radius 1 is 1.06 bits per heavy atom. The quantitative estimate of drug-likeness (QED) is 0.472. The summed E-state index contributed by atoms with van der Waals surface area (Å²) in [5.74, 6) is -0.0860. The van der Waals surface area contributed by atoms with Crippen LogP contribution in [0.1, 0.15) is 80.4 Å².